The Morgan fingerprint density at radius 3 is 2.73 bits per heavy atom. The molecule has 118 valence electrons. The number of aromatic nitrogens is 2. The van der Waals surface area contributed by atoms with Crippen LogP contribution in [0.2, 0.25) is 0 Å². The molecular formula is C18H24N2OS. The molecule has 2 aromatic rings. The molecule has 3 fully saturated rings. The zero-order valence-electron chi connectivity index (χ0n) is 12.8. The van der Waals surface area contributed by atoms with Crippen LogP contribution in [0.4, 0.5) is 0 Å². The van der Waals surface area contributed by atoms with Crippen molar-refractivity contribution in [1.82, 2.24) is 9.38 Å². The number of nitrogens with zero attached hydrogens (tertiary/aromatic N) is 2. The summed E-state index contributed by atoms with van der Waals surface area (Å²) in [5, 5.41) is 11.2. The highest BCUT2D eigenvalue weighted by Gasteiger charge is 2.44. The lowest BCUT2D eigenvalue weighted by Crippen LogP contribution is -2.20. The highest BCUT2D eigenvalue weighted by molar-refractivity contribution is 7.59. The Morgan fingerprint density at radius 2 is 2.05 bits per heavy atom. The van der Waals surface area contributed by atoms with Crippen LogP contribution in [0, 0.1) is 17.8 Å². The average molecular weight is 316 g/mol. The summed E-state index contributed by atoms with van der Waals surface area (Å²) in [6.45, 7) is 0. The van der Waals surface area contributed by atoms with E-state index in [-0.39, 0.29) is 19.6 Å². The van der Waals surface area contributed by atoms with Gasteiger partial charge in [0.1, 0.15) is 0 Å². The van der Waals surface area contributed by atoms with Gasteiger partial charge in [-0.2, -0.15) is 13.5 Å². The Kier molecular flexibility index (Phi) is 3.50. The predicted molar refractivity (Wildman–Crippen MR) is 91.4 cm³/mol. The molecule has 4 heteroatoms. The standard InChI is InChI=1S/C18H22N2O.H2S/c21-18(15-8-11-1-2-13(15)7-11)17-14(12-3-4-12)5-6-20-10-19-9-16(17)20;/h5-6,9-13,15,18,21H,1-4,7-8H2;1H2/t11?,13?,15?,18-;/m0./s1. The van der Waals surface area contributed by atoms with Crippen LogP contribution in [0.15, 0.2) is 24.8 Å². The summed E-state index contributed by atoms with van der Waals surface area (Å²) in [6.07, 6.45) is 13.4. The van der Waals surface area contributed by atoms with Crippen molar-refractivity contribution in [2.75, 3.05) is 0 Å². The Hall–Kier alpha value is -1.00. The molecule has 5 rings (SSSR count). The summed E-state index contributed by atoms with van der Waals surface area (Å²) in [5.41, 5.74) is 3.70. The highest BCUT2D eigenvalue weighted by atomic mass is 32.1. The van der Waals surface area contributed by atoms with Crippen LogP contribution >= 0.6 is 13.5 Å². The third-order valence-electron chi connectivity index (χ3n) is 6.18. The van der Waals surface area contributed by atoms with E-state index >= 15 is 0 Å². The molecule has 2 bridgehead atoms. The number of fused-ring (bicyclic) bond motifs is 3. The molecular weight excluding hydrogens is 292 g/mol. The van der Waals surface area contributed by atoms with Crippen molar-refractivity contribution in [1.29, 1.82) is 0 Å². The molecule has 0 aliphatic heterocycles. The number of aliphatic hydroxyl groups excluding tert-OH is 1. The summed E-state index contributed by atoms with van der Waals surface area (Å²) < 4.78 is 2.07. The Morgan fingerprint density at radius 1 is 1.18 bits per heavy atom. The normalized spacial score (nSPS) is 31.4. The Balaban J connectivity index is 0.00000125. The van der Waals surface area contributed by atoms with Crippen molar-refractivity contribution in [3.05, 3.63) is 35.9 Å². The summed E-state index contributed by atoms with van der Waals surface area (Å²) in [5.74, 6) is 2.78. The van der Waals surface area contributed by atoms with Crippen LogP contribution in [0.3, 0.4) is 0 Å². The third-order valence-corrected chi connectivity index (χ3v) is 6.18. The first-order valence-corrected chi connectivity index (χ1v) is 8.44. The van der Waals surface area contributed by atoms with Crippen LogP contribution in [0.1, 0.15) is 61.7 Å². The summed E-state index contributed by atoms with van der Waals surface area (Å²) in [6, 6.07) is 2.22. The van der Waals surface area contributed by atoms with Crippen molar-refractivity contribution in [2.24, 2.45) is 17.8 Å². The molecule has 1 N–H and O–H groups in total. The molecule has 2 aromatic heterocycles. The number of hydrogen-bond donors (Lipinski definition) is 1. The van der Waals surface area contributed by atoms with E-state index in [4.69, 9.17) is 0 Å². The van der Waals surface area contributed by atoms with Crippen LogP contribution in [0.5, 0.6) is 0 Å². The molecule has 0 amide bonds. The molecule has 0 radical (unpaired) electrons. The molecule has 22 heavy (non-hydrogen) atoms. The molecule has 3 unspecified atom stereocenters. The first-order chi connectivity index (χ1) is 10.3. The molecule has 2 heterocycles. The highest BCUT2D eigenvalue weighted by Crippen LogP contribution is 2.54. The minimum absolute atomic E-state index is 0. The summed E-state index contributed by atoms with van der Waals surface area (Å²) >= 11 is 0. The fourth-order valence-corrected chi connectivity index (χ4v) is 5.00. The van der Waals surface area contributed by atoms with Crippen molar-refractivity contribution in [3.8, 4) is 0 Å². The van der Waals surface area contributed by atoms with E-state index in [0.717, 1.165) is 17.4 Å². The van der Waals surface area contributed by atoms with Gasteiger partial charge in [-0.15, -0.1) is 0 Å². The van der Waals surface area contributed by atoms with Gasteiger partial charge >= 0.3 is 0 Å². The van der Waals surface area contributed by atoms with Gasteiger partial charge in [-0.3, -0.25) is 0 Å². The summed E-state index contributed by atoms with van der Waals surface area (Å²) in [7, 11) is 0. The van der Waals surface area contributed by atoms with E-state index in [0.29, 0.717) is 11.8 Å². The lowest BCUT2D eigenvalue weighted by Gasteiger charge is -2.29. The van der Waals surface area contributed by atoms with Gasteiger partial charge in [0.05, 0.1) is 24.1 Å². The van der Waals surface area contributed by atoms with E-state index in [1.807, 2.05) is 12.5 Å². The fourth-order valence-electron chi connectivity index (χ4n) is 5.00. The van der Waals surface area contributed by atoms with E-state index < -0.39 is 0 Å². The van der Waals surface area contributed by atoms with E-state index in [1.54, 1.807) is 0 Å². The molecule has 3 aliphatic carbocycles. The van der Waals surface area contributed by atoms with Gasteiger partial charge in [0.25, 0.3) is 0 Å². The lowest BCUT2D eigenvalue weighted by atomic mass is 9.80. The Labute approximate surface area is 138 Å². The monoisotopic (exact) mass is 316 g/mol. The number of imidazole rings is 1. The van der Waals surface area contributed by atoms with Gasteiger partial charge in [0, 0.05) is 11.8 Å². The maximum Gasteiger partial charge on any atom is 0.0992 e. The maximum absolute atomic E-state index is 11.2. The van der Waals surface area contributed by atoms with Crippen molar-refractivity contribution in [3.63, 3.8) is 0 Å². The zero-order chi connectivity index (χ0) is 14.0. The van der Waals surface area contributed by atoms with Crippen LogP contribution in [-0.4, -0.2) is 14.5 Å². The Bertz CT molecular complexity index is 693. The third kappa shape index (κ3) is 2.11. The molecule has 3 aliphatic rings. The van der Waals surface area contributed by atoms with Crippen molar-refractivity contribution in [2.45, 2.75) is 50.5 Å². The fraction of sp³-hybridized carbons (Fsp3) is 0.611. The zero-order valence-corrected chi connectivity index (χ0v) is 13.8. The van der Waals surface area contributed by atoms with Gasteiger partial charge in [-0.1, -0.05) is 6.42 Å². The average Bonchev–Trinajstić information content (AvgIpc) is 2.93. The largest absolute Gasteiger partial charge is 0.388 e. The SMILES string of the molecule is O[C@H](c1c(C2CC2)ccn2cncc12)C1CC2CCC1C2.S. The molecule has 0 aromatic carbocycles. The second kappa shape index (κ2) is 5.27. The lowest BCUT2D eigenvalue weighted by molar-refractivity contribution is 0.0747. The van der Waals surface area contributed by atoms with Gasteiger partial charge in [-0.25, -0.2) is 4.98 Å². The number of hydrogen-bond acceptors (Lipinski definition) is 2. The van der Waals surface area contributed by atoms with E-state index in [9.17, 15) is 5.11 Å². The van der Waals surface area contributed by atoms with Gasteiger partial charge in [-0.05, 0) is 67.4 Å². The molecule has 4 atom stereocenters. The number of aliphatic hydroxyl groups is 1. The topological polar surface area (TPSA) is 37.5 Å². The van der Waals surface area contributed by atoms with Crippen molar-refractivity contribution < 1.29 is 5.11 Å². The van der Waals surface area contributed by atoms with Gasteiger partial charge < -0.3 is 9.51 Å². The van der Waals surface area contributed by atoms with Crippen molar-refractivity contribution >= 4 is 19.0 Å². The molecule has 0 spiro atoms. The molecule has 0 saturated heterocycles. The maximum atomic E-state index is 11.2. The summed E-state index contributed by atoms with van der Waals surface area (Å²) in [4.78, 5) is 4.29. The van der Waals surface area contributed by atoms with Crippen LogP contribution in [-0.2, 0) is 0 Å². The first-order valence-electron chi connectivity index (χ1n) is 8.44. The number of rotatable bonds is 3. The first kappa shape index (κ1) is 14.6. The van der Waals surface area contributed by atoms with Gasteiger partial charge in [0.2, 0.25) is 0 Å². The van der Waals surface area contributed by atoms with Crippen LogP contribution in [0.25, 0.3) is 5.52 Å². The molecule has 3 nitrogen and oxygen atoms in total. The minimum Gasteiger partial charge on any atom is -0.388 e. The quantitative estimate of drug-likeness (QED) is 0.935. The van der Waals surface area contributed by atoms with E-state index in [2.05, 4.69) is 21.6 Å². The number of pyridine rings is 1. The second-order valence-electron chi connectivity index (χ2n) is 7.43. The molecule has 3 saturated carbocycles. The smallest absolute Gasteiger partial charge is 0.0992 e. The predicted octanol–water partition coefficient (Wildman–Crippen LogP) is 3.79. The van der Waals surface area contributed by atoms with Gasteiger partial charge in [0.15, 0.2) is 0 Å². The second-order valence-corrected chi connectivity index (χ2v) is 7.43. The minimum atomic E-state index is -0.295. The van der Waals surface area contributed by atoms with E-state index in [1.165, 1.54) is 49.7 Å². The van der Waals surface area contributed by atoms with Crippen LogP contribution < -0.4 is 0 Å².